The molecule has 2 aromatic heterocycles. The standard InChI is InChI=1S/C25H22N4O3/c30-25(31)16-3-1-15(2-4-16)20-12-27-24-22(20)23-21(13-28-24)19-6-5-18(11-17(19)14-32-23)29-9-7-26-8-10-29/h1-6,11-13,26H,7-10,14H2,(H,27,28)(H,30,31). The number of rotatable bonds is 3. The van der Waals surface area contributed by atoms with Crippen LogP contribution in [0.15, 0.2) is 54.9 Å². The Kier molecular flexibility index (Phi) is 4.36. The predicted molar refractivity (Wildman–Crippen MR) is 123 cm³/mol. The molecule has 0 spiro atoms. The lowest BCUT2D eigenvalue weighted by Gasteiger charge is -2.31. The molecule has 2 aromatic carbocycles. The van der Waals surface area contributed by atoms with Crippen LogP contribution in [0.4, 0.5) is 5.69 Å². The third-order valence-electron chi connectivity index (χ3n) is 6.33. The third kappa shape index (κ3) is 3.01. The first-order chi connectivity index (χ1) is 15.7. The number of carboxylic acids is 1. The Morgan fingerprint density at radius 2 is 1.84 bits per heavy atom. The maximum atomic E-state index is 11.2. The number of anilines is 1. The molecular weight excluding hydrogens is 404 g/mol. The molecule has 0 amide bonds. The van der Waals surface area contributed by atoms with Gasteiger partial charge in [-0.1, -0.05) is 18.2 Å². The maximum Gasteiger partial charge on any atom is 0.335 e. The lowest BCUT2D eigenvalue weighted by molar-refractivity contribution is 0.0697. The normalized spacial score (nSPS) is 15.2. The van der Waals surface area contributed by atoms with Gasteiger partial charge in [-0.2, -0.15) is 0 Å². The van der Waals surface area contributed by atoms with Crippen LogP contribution in [0, 0.1) is 0 Å². The first-order valence-corrected chi connectivity index (χ1v) is 10.7. The van der Waals surface area contributed by atoms with Gasteiger partial charge in [0.1, 0.15) is 18.0 Å². The van der Waals surface area contributed by atoms with Gasteiger partial charge in [0.2, 0.25) is 0 Å². The summed E-state index contributed by atoms with van der Waals surface area (Å²) in [5, 5.41) is 13.5. The average molecular weight is 426 g/mol. The van der Waals surface area contributed by atoms with Gasteiger partial charge in [0.15, 0.2) is 0 Å². The monoisotopic (exact) mass is 426 g/mol. The van der Waals surface area contributed by atoms with E-state index in [1.165, 1.54) is 5.69 Å². The second-order valence-electron chi connectivity index (χ2n) is 8.18. The lowest BCUT2D eigenvalue weighted by atomic mass is 9.95. The molecule has 0 atom stereocenters. The van der Waals surface area contributed by atoms with E-state index in [0.29, 0.717) is 6.61 Å². The van der Waals surface area contributed by atoms with Gasteiger partial charge in [-0.25, -0.2) is 9.78 Å². The minimum absolute atomic E-state index is 0.263. The van der Waals surface area contributed by atoms with Crippen molar-refractivity contribution in [2.24, 2.45) is 0 Å². The molecule has 4 aromatic rings. The van der Waals surface area contributed by atoms with Gasteiger partial charge >= 0.3 is 5.97 Å². The van der Waals surface area contributed by atoms with Crippen LogP contribution in [0.5, 0.6) is 5.75 Å². The van der Waals surface area contributed by atoms with Crippen molar-refractivity contribution in [1.29, 1.82) is 0 Å². The molecule has 0 aliphatic carbocycles. The molecule has 7 nitrogen and oxygen atoms in total. The first-order valence-electron chi connectivity index (χ1n) is 10.7. The van der Waals surface area contributed by atoms with Gasteiger partial charge in [-0.3, -0.25) is 0 Å². The van der Waals surface area contributed by atoms with Crippen LogP contribution in [-0.2, 0) is 6.61 Å². The topological polar surface area (TPSA) is 90.5 Å². The van der Waals surface area contributed by atoms with Gasteiger partial charge < -0.3 is 25.0 Å². The second kappa shape index (κ2) is 7.39. The third-order valence-corrected chi connectivity index (χ3v) is 6.33. The summed E-state index contributed by atoms with van der Waals surface area (Å²) < 4.78 is 6.30. The Morgan fingerprint density at radius 1 is 1.03 bits per heavy atom. The molecule has 0 radical (unpaired) electrons. The zero-order valence-corrected chi connectivity index (χ0v) is 17.4. The van der Waals surface area contributed by atoms with Gasteiger partial charge in [-0.15, -0.1) is 0 Å². The summed E-state index contributed by atoms with van der Waals surface area (Å²) in [5.41, 5.74) is 7.40. The number of aromatic nitrogens is 2. The first kappa shape index (κ1) is 18.9. The van der Waals surface area contributed by atoms with Crippen LogP contribution in [-0.4, -0.2) is 47.2 Å². The molecule has 2 aliphatic rings. The Hall–Kier alpha value is -3.84. The Labute approximate surface area is 184 Å². The minimum atomic E-state index is -0.936. The number of carboxylic acid groups (broad SMARTS) is 1. The molecule has 0 unspecified atom stereocenters. The summed E-state index contributed by atoms with van der Waals surface area (Å²) in [5.74, 6) is -0.120. The number of hydrogen-bond acceptors (Lipinski definition) is 5. The summed E-state index contributed by atoms with van der Waals surface area (Å²) in [6, 6.07) is 13.5. The van der Waals surface area contributed by atoms with E-state index in [1.54, 1.807) is 12.1 Å². The Balaban J connectivity index is 1.43. The van der Waals surface area contributed by atoms with E-state index in [0.717, 1.165) is 70.8 Å². The van der Waals surface area contributed by atoms with Gasteiger partial charge in [0.25, 0.3) is 0 Å². The molecule has 2 aliphatic heterocycles. The van der Waals surface area contributed by atoms with Crippen LogP contribution in [0.2, 0.25) is 0 Å². The van der Waals surface area contributed by atoms with Crippen molar-refractivity contribution in [3.05, 3.63) is 66.0 Å². The van der Waals surface area contributed by atoms with Crippen molar-refractivity contribution in [3.8, 4) is 28.0 Å². The van der Waals surface area contributed by atoms with E-state index < -0.39 is 5.97 Å². The molecule has 4 heterocycles. The number of pyridine rings is 1. The molecule has 32 heavy (non-hydrogen) atoms. The van der Waals surface area contributed by atoms with E-state index in [-0.39, 0.29) is 5.56 Å². The van der Waals surface area contributed by atoms with Crippen LogP contribution < -0.4 is 15.0 Å². The number of benzene rings is 2. The summed E-state index contributed by atoms with van der Waals surface area (Å²) in [4.78, 5) is 21.5. The molecule has 1 fully saturated rings. The van der Waals surface area contributed by atoms with Crippen LogP contribution in [0.25, 0.3) is 33.3 Å². The zero-order chi connectivity index (χ0) is 21.7. The van der Waals surface area contributed by atoms with Crippen molar-refractivity contribution in [1.82, 2.24) is 15.3 Å². The number of ether oxygens (including phenoxy) is 1. The Morgan fingerprint density at radius 3 is 2.62 bits per heavy atom. The molecule has 160 valence electrons. The summed E-state index contributed by atoms with van der Waals surface area (Å²) in [7, 11) is 0. The number of H-pyrrole nitrogens is 1. The average Bonchev–Trinajstić information content (AvgIpc) is 3.28. The van der Waals surface area contributed by atoms with E-state index in [4.69, 9.17) is 4.74 Å². The number of aromatic amines is 1. The van der Waals surface area contributed by atoms with Gasteiger partial charge in [0, 0.05) is 55.4 Å². The smallest absolute Gasteiger partial charge is 0.335 e. The minimum Gasteiger partial charge on any atom is -0.487 e. The molecule has 3 N–H and O–H groups in total. The zero-order valence-electron chi connectivity index (χ0n) is 17.4. The lowest BCUT2D eigenvalue weighted by Crippen LogP contribution is -2.43. The van der Waals surface area contributed by atoms with Crippen LogP contribution >= 0.6 is 0 Å². The highest BCUT2D eigenvalue weighted by Gasteiger charge is 2.24. The maximum absolute atomic E-state index is 11.2. The number of carbonyl (C=O) groups is 1. The molecule has 0 saturated carbocycles. The van der Waals surface area contributed by atoms with Crippen LogP contribution in [0.3, 0.4) is 0 Å². The summed E-state index contributed by atoms with van der Waals surface area (Å²) in [6.45, 7) is 4.52. The van der Waals surface area contributed by atoms with E-state index >= 15 is 0 Å². The number of piperazine rings is 1. The Bertz CT molecular complexity index is 1340. The highest BCUT2D eigenvalue weighted by Crippen LogP contribution is 2.45. The quantitative estimate of drug-likeness (QED) is 0.460. The van der Waals surface area contributed by atoms with Crippen molar-refractivity contribution < 1.29 is 14.6 Å². The van der Waals surface area contributed by atoms with Crippen molar-refractivity contribution >= 4 is 22.7 Å². The van der Waals surface area contributed by atoms with Crippen molar-refractivity contribution in [2.75, 3.05) is 31.1 Å². The molecule has 7 heteroatoms. The number of nitrogens with one attached hydrogen (secondary N) is 2. The van der Waals surface area contributed by atoms with Gasteiger partial charge in [0.05, 0.1) is 10.9 Å². The predicted octanol–water partition coefficient (Wildman–Crippen LogP) is 3.90. The van der Waals surface area contributed by atoms with Gasteiger partial charge in [-0.05, 0) is 41.0 Å². The fourth-order valence-electron chi connectivity index (χ4n) is 4.66. The largest absolute Gasteiger partial charge is 0.487 e. The highest BCUT2D eigenvalue weighted by molar-refractivity contribution is 6.03. The van der Waals surface area contributed by atoms with Crippen molar-refractivity contribution in [2.45, 2.75) is 6.61 Å². The number of nitrogens with zero attached hydrogens (tertiary/aromatic N) is 2. The van der Waals surface area contributed by atoms with Crippen molar-refractivity contribution in [3.63, 3.8) is 0 Å². The highest BCUT2D eigenvalue weighted by atomic mass is 16.5. The molecule has 1 saturated heterocycles. The number of fused-ring (bicyclic) bond motifs is 5. The van der Waals surface area contributed by atoms with E-state index in [9.17, 15) is 9.90 Å². The summed E-state index contributed by atoms with van der Waals surface area (Å²) in [6.07, 6.45) is 3.77. The van der Waals surface area contributed by atoms with E-state index in [2.05, 4.69) is 38.4 Å². The molecule has 6 rings (SSSR count). The number of hydrogen-bond donors (Lipinski definition) is 3. The second-order valence-corrected chi connectivity index (χ2v) is 8.18. The molecule has 0 bridgehead atoms. The number of aromatic carboxylic acids is 1. The van der Waals surface area contributed by atoms with Crippen LogP contribution in [0.1, 0.15) is 15.9 Å². The fraction of sp³-hybridized carbons (Fsp3) is 0.200. The van der Waals surface area contributed by atoms with E-state index in [1.807, 2.05) is 24.5 Å². The fourth-order valence-corrected chi connectivity index (χ4v) is 4.66. The SMILES string of the molecule is O=C(O)c1ccc(-c2c[nH]c3ncc4c(c23)OCc2cc(N3CCNCC3)ccc2-4)cc1. The summed E-state index contributed by atoms with van der Waals surface area (Å²) >= 11 is 0. The molecular formula is C25H22N4O3.